The molecule has 0 radical (unpaired) electrons. The molecule has 0 amide bonds. The van der Waals surface area contributed by atoms with Gasteiger partial charge in [-0.25, -0.2) is 9.37 Å². The normalized spacial score (nSPS) is 10.4. The second kappa shape index (κ2) is 6.62. The number of anilines is 4. The molecule has 0 fully saturated rings. The topological polar surface area (TPSA) is 49.8 Å². The van der Waals surface area contributed by atoms with Crippen LogP contribution in [0.25, 0.3) is 0 Å². The monoisotopic (exact) mass is 328 g/mol. The van der Waals surface area contributed by atoms with Crippen molar-refractivity contribution in [1.82, 2.24) is 9.97 Å². The van der Waals surface area contributed by atoms with Crippen LogP contribution in [-0.2, 0) is 0 Å². The first-order valence-electron chi connectivity index (χ1n) is 7.00. The summed E-state index contributed by atoms with van der Waals surface area (Å²) >= 11 is 6.12. The summed E-state index contributed by atoms with van der Waals surface area (Å²) in [5.41, 5.74) is 1.80. The van der Waals surface area contributed by atoms with Crippen LogP contribution >= 0.6 is 11.6 Å². The number of aromatic nitrogens is 2. The minimum Gasteiger partial charge on any atom is -0.338 e. The first-order valence-corrected chi connectivity index (χ1v) is 7.38. The van der Waals surface area contributed by atoms with Crippen LogP contribution in [0.4, 0.5) is 27.5 Å². The Labute approximate surface area is 138 Å². The van der Waals surface area contributed by atoms with Gasteiger partial charge in [-0.3, -0.25) is 0 Å². The summed E-state index contributed by atoms with van der Waals surface area (Å²) in [6.07, 6.45) is 0. The van der Waals surface area contributed by atoms with Crippen LogP contribution in [0.3, 0.4) is 0 Å². The summed E-state index contributed by atoms with van der Waals surface area (Å²) < 4.78 is 13.7. The fourth-order valence-electron chi connectivity index (χ4n) is 2.07. The van der Waals surface area contributed by atoms with Gasteiger partial charge < -0.3 is 10.6 Å². The lowest BCUT2D eigenvalue weighted by molar-refractivity contribution is 0.632. The summed E-state index contributed by atoms with van der Waals surface area (Å²) in [4.78, 5) is 8.67. The molecule has 2 aromatic carbocycles. The van der Waals surface area contributed by atoms with Crippen LogP contribution in [0.5, 0.6) is 0 Å². The smallest absolute Gasteiger partial charge is 0.229 e. The molecular formula is C17H14ClFN4. The number of nitrogens with one attached hydrogen (secondary N) is 2. The molecule has 116 valence electrons. The summed E-state index contributed by atoms with van der Waals surface area (Å²) in [6, 6.07) is 15.5. The van der Waals surface area contributed by atoms with Crippen LogP contribution in [0, 0.1) is 12.7 Å². The zero-order valence-electron chi connectivity index (χ0n) is 12.3. The number of para-hydroxylation sites is 2. The van der Waals surface area contributed by atoms with E-state index in [0.29, 0.717) is 28.2 Å². The van der Waals surface area contributed by atoms with Crippen molar-refractivity contribution in [3.8, 4) is 0 Å². The highest BCUT2D eigenvalue weighted by atomic mass is 35.5. The second-order valence-corrected chi connectivity index (χ2v) is 5.34. The average Bonchev–Trinajstić information content (AvgIpc) is 2.51. The molecule has 6 heteroatoms. The highest BCUT2D eigenvalue weighted by Gasteiger charge is 2.07. The number of benzene rings is 2. The summed E-state index contributed by atoms with van der Waals surface area (Å²) in [6.45, 7) is 1.84. The van der Waals surface area contributed by atoms with Gasteiger partial charge in [0.1, 0.15) is 11.6 Å². The van der Waals surface area contributed by atoms with E-state index in [1.165, 1.54) is 6.07 Å². The van der Waals surface area contributed by atoms with Crippen LogP contribution in [-0.4, -0.2) is 9.97 Å². The molecule has 0 saturated heterocycles. The van der Waals surface area contributed by atoms with E-state index in [1.807, 2.05) is 25.1 Å². The number of rotatable bonds is 4. The fraction of sp³-hybridized carbons (Fsp3) is 0.0588. The van der Waals surface area contributed by atoms with Gasteiger partial charge in [-0.15, -0.1) is 0 Å². The van der Waals surface area contributed by atoms with E-state index in [-0.39, 0.29) is 5.82 Å². The van der Waals surface area contributed by atoms with Crippen molar-refractivity contribution in [1.29, 1.82) is 0 Å². The third-order valence-corrected chi connectivity index (χ3v) is 3.44. The highest BCUT2D eigenvalue weighted by Crippen LogP contribution is 2.25. The average molecular weight is 329 g/mol. The zero-order valence-corrected chi connectivity index (χ0v) is 13.1. The molecule has 2 N–H and O–H groups in total. The summed E-state index contributed by atoms with van der Waals surface area (Å²) in [5, 5.41) is 6.59. The molecular weight excluding hydrogens is 315 g/mol. The molecule has 1 heterocycles. The van der Waals surface area contributed by atoms with Crippen LogP contribution in [0.1, 0.15) is 5.69 Å². The Kier molecular flexibility index (Phi) is 4.39. The Bertz CT molecular complexity index is 773. The van der Waals surface area contributed by atoms with Crippen molar-refractivity contribution in [2.24, 2.45) is 0 Å². The zero-order chi connectivity index (χ0) is 16.2. The van der Waals surface area contributed by atoms with Crippen molar-refractivity contribution in [2.45, 2.75) is 6.92 Å². The predicted octanol–water partition coefficient (Wildman–Crippen LogP) is 5.06. The minimum absolute atomic E-state index is 0.343. The van der Waals surface area contributed by atoms with E-state index in [4.69, 9.17) is 11.6 Å². The van der Waals surface area contributed by atoms with Gasteiger partial charge in [0, 0.05) is 11.8 Å². The van der Waals surface area contributed by atoms with Gasteiger partial charge >= 0.3 is 0 Å². The molecule has 4 nitrogen and oxygen atoms in total. The van der Waals surface area contributed by atoms with Gasteiger partial charge in [0.25, 0.3) is 0 Å². The molecule has 0 aliphatic rings. The lowest BCUT2D eigenvalue weighted by Gasteiger charge is -2.11. The molecule has 1 aromatic heterocycles. The fourth-order valence-corrected chi connectivity index (χ4v) is 2.26. The Morgan fingerprint density at radius 3 is 2.35 bits per heavy atom. The molecule has 23 heavy (non-hydrogen) atoms. The second-order valence-electron chi connectivity index (χ2n) is 4.93. The summed E-state index contributed by atoms with van der Waals surface area (Å²) in [7, 11) is 0. The molecule has 0 unspecified atom stereocenters. The molecule has 0 bridgehead atoms. The van der Waals surface area contributed by atoms with Gasteiger partial charge in [0.05, 0.1) is 16.4 Å². The number of hydrogen-bond acceptors (Lipinski definition) is 4. The van der Waals surface area contributed by atoms with Crippen molar-refractivity contribution in [3.05, 3.63) is 71.1 Å². The maximum Gasteiger partial charge on any atom is 0.229 e. The van der Waals surface area contributed by atoms with Gasteiger partial charge in [0.15, 0.2) is 0 Å². The van der Waals surface area contributed by atoms with Gasteiger partial charge in [-0.1, -0.05) is 35.9 Å². The number of aryl methyl sites for hydroxylation is 1. The van der Waals surface area contributed by atoms with Crippen molar-refractivity contribution in [3.63, 3.8) is 0 Å². The molecule has 3 rings (SSSR count). The molecule has 3 aromatic rings. The Balaban J connectivity index is 1.88. The first kappa shape index (κ1) is 15.2. The quantitative estimate of drug-likeness (QED) is 0.702. The maximum atomic E-state index is 13.7. The SMILES string of the molecule is Cc1cc(Nc2ccccc2F)nc(Nc2ccccc2Cl)n1. The van der Waals surface area contributed by atoms with Crippen LogP contribution in [0.15, 0.2) is 54.6 Å². The molecule has 0 atom stereocenters. The lowest BCUT2D eigenvalue weighted by atomic mass is 10.3. The van der Waals surface area contributed by atoms with E-state index < -0.39 is 0 Å². The predicted molar refractivity (Wildman–Crippen MR) is 91.2 cm³/mol. The molecule has 0 saturated carbocycles. The van der Waals surface area contributed by atoms with Crippen molar-refractivity contribution in [2.75, 3.05) is 10.6 Å². The van der Waals surface area contributed by atoms with E-state index in [1.54, 1.807) is 30.3 Å². The highest BCUT2D eigenvalue weighted by molar-refractivity contribution is 6.33. The van der Waals surface area contributed by atoms with Gasteiger partial charge in [-0.2, -0.15) is 4.98 Å². The number of nitrogens with zero attached hydrogens (tertiary/aromatic N) is 2. The van der Waals surface area contributed by atoms with Crippen LogP contribution in [0.2, 0.25) is 5.02 Å². The largest absolute Gasteiger partial charge is 0.338 e. The standard InChI is InChI=1S/C17H14ClFN4/c1-11-10-16(21-15-9-5-3-7-13(15)19)23-17(20-11)22-14-8-4-2-6-12(14)18/h2-10H,1H3,(H2,20,21,22,23). The van der Waals surface area contributed by atoms with E-state index in [0.717, 1.165) is 5.69 Å². The van der Waals surface area contributed by atoms with Crippen molar-refractivity contribution < 1.29 is 4.39 Å². The minimum atomic E-state index is -0.343. The van der Waals surface area contributed by atoms with E-state index >= 15 is 0 Å². The third-order valence-electron chi connectivity index (χ3n) is 3.11. The summed E-state index contributed by atoms with van der Waals surface area (Å²) in [5.74, 6) is 0.540. The van der Waals surface area contributed by atoms with E-state index in [2.05, 4.69) is 20.6 Å². The Hall–Kier alpha value is -2.66. The first-order chi connectivity index (χ1) is 11.1. The maximum absolute atomic E-state index is 13.7. The number of halogens is 2. The Morgan fingerprint density at radius 1 is 0.913 bits per heavy atom. The molecule has 0 aliphatic carbocycles. The van der Waals surface area contributed by atoms with E-state index in [9.17, 15) is 4.39 Å². The van der Waals surface area contributed by atoms with Gasteiger partial charge in [-0.05, 0) is 31.2 Å². The third kappa shape index (κ3) is 3.76. The number of hydrogen-bond donors (Lipinski definition) is 2. The van der Waals surface area contributed by atoms with Crippen molar-refractivity contribution >= 4 is 34.7 Å². The van der Waals surface area contributed by atoms with Gasteiger partial charge in [0.2, 0.25) is 5.95 Å². The molecule has 0 aliphatic heterocycles. The molecule has 0 spiro atoms. The Morgan fingerprint density at radius 2 is 1.61 bits per heavy atom. The lowest BCUT2D eigenvalue weighted by Crippen LogP contribution is -2.03. The van der Waals surface area contributed by atoms with Crippen LogP contribution < -0.4 is 10.6 Å².